The highest BCUT2D eigenvalue weighted by Crippen LogP contribution is 2.20. The fourth-order valence-corrected chi connectivity index (χ4v) is 1.94. The number of H-pyrrole nitrogens is 1. The lowest BCUT2D eigenvalue weighted by Crippen LogP contribution is -2.36. The van der Waals surface area contributed by atoms with Crippen LogP contribution in [0.1, 0.15) is 0 Å². The second-order valence-corrected chi connectivity index (χ2v) is 3.74. The smallest absolute Gasteiger partial charge is 0.0670 e. The summed E-state index contributed by atoms with van der Waals surface area (Å²) in [7, 11) is 0. The number of aromatic nitrogens is 2. The molecule has 0 saturated carbocycles. The molecule has 1 aromatic heterocycles. The molecule has 3 rings (SSSR count). The van der Waals surface area contributed by atoms with Gasteiger partial charge in [-0.25, -0.2) is 0 Å². The van der Waals surface area contributed by atoms with E-state index in [0.717, 1.165) is 37.2 Å². The maximum atomic E-state index is 5.33. The normalized spacial score (nSPS) is 17.2. The highest BCUT2D eigenvalue weighted by molar-refractivity contribution is 5.81. The van der Waals surface area contributed by atoms with Crippen LogP contribution in [-0.4, -0.2) is 36.5 Å². The second kappa shape index (κ2) is 3.55. The van der Waals surface area contributed by atoms with Gasteiger partial charge in [-0.3, -0.25) is 5.10 Å². The number of hydrogen-bond acceptors (Lipinski definition) is 3. The molecule has 4 heteroatoms. The van der Waals surface area contributed by atoms with Crippen LogP contribution in [-0.2, 0) is 4.74 Å². The Morgan fingerprint density at radius 2 is 2.13 bits per heavy atom. The van der Waals surface area contributed by atoms with Gasteiger partial charge in [-0.05, 0) is 18.2 Å². The van der Waals surface area contributed by atoms with Gasteiger partial charge >= 0.3 is 0 Å². The van der Waals surface area contributed by atoms with Gasteiger partial charge in [-0.2, -0.15) is 5.10 Å². The number of nitrogens with zero attached hydrogens (tertiary/aromatic N) is 2. The number of anilines is 1. The van der Waals surface area contributed by atoms with Crippen LogP contribution in [0, 0.1) is 0 Å². The zero-order chi connectivity index (χ0) is 10.1. The number of morpholine rings is 1. The molecule has 0 atom stereocenters. The van der Waals surface area contributed by atoms with Gasteiger partial charge in [-0.15, -0.1) is 0 Å². The molecular formula is C11H13N3O. The van der Waals surface area contributed by atoms with E-state index in [0.29, 0.717) is 0 Å². The van der Waals surface area contributed by atoms with E-state index in [1.54, 1.807) is 0 Å². The molecule has 1 aliphatic heterocycles. The largest absolute Gasteiger partial charge is 0.378 e. The summed E-state index contributed by atoms with van der Waals surface area (Å²) in [6.07, 6.45) is 1.85. The van der Waals surface area contributed by atoms with Crippen LogP contribution in [0.15, 0.2) is 24.4 Å². The Morgan fingerprint density at radius 3 is 3.00 bits per heavy atom. The lowest BCUT2D eigenvalue weighted by molar-refractivity contribution is 0.122. The molecule has 0 bridgehead atoms. The summed E-state index contributed by atoms with van der Waals surface area (Å²) in [5.41, 5.74) is 2.34. The topological polar surface area (TPSA) is 41.2 Å². The maximum absolute atomic E-state index is 5.33. The summed E-state index contributed by atoms with van der Waals surface area (Å²) in [5.74, 6) is 0. The lowest BCUT2D eigenvalue weighted by atomic mass is 10.2. The summed E-state index contributed by atoms with van der Waals surface area (Å²) in [4.78, 5) is 2.34. The molecule has 78 valence electrons. The Balaban J connectivity index is 1.95. The van der Waals surface area contributed by atoms with Crippen LogP contribution in [0.3, 0.4) is 0 Å². The molecule has 0 unspecified atom stereocenters. The maximum Gasteiger partial charge on any atom is 0.0670 e. The number of ether oxygens (including phenoxy) is 1. The van der Waals surface area contributed by atoms with Crippen molar-refractivity contribution in [2.24, 2.45) is 0 Å². The Hall–Kier alpha value is -1.55. The zero-order valence-electron chi connectivity index (χ0n) is 8.44. The third kappa shape index (κ3) is 1.57. The summed E-state index contributed by atoms with van der Waals surface area (Å²) in [6.45, 7) is 3.58. The van der Waals surface area contributed by atoms with Crippen molar-refractivity contribution in [3.05, 3.63) is 24.4 Å². The number of benzene rings is 1. The molecular weight excluding hydrogens is 190 g/mol. The van der Waals surface area contributed by atoms with Crippen molar-refractivity contribution >= 4 is 16.6 Å². The minimum atomic E-state index is 0.820. The van der Waals surface area contributed by atoms with Gasteiger partial charge < -0.3 is 9.64 Å². The highest BCUT2D eigenvalue weighted by atomic mass is 16.5. The van der Waals surface area contributed by atoms with E-state index in [9.17, 15) is 0 Å². The first-order chi connectivity index (χ1) is 7.43. The molecule has 2 heterocycles. The molecule has 2 aromatic rings. The van der Waals surface area contributed by atoms with E-state index in [-0.39, 0.29) is 0 Å². The van der Waals surface area contributed by atoms with Crippen LogP contribution in [0.2, 0.25) is 0 Å². The molecule has 0 aliphatic carbocycles. The molecule has 0 spiro atoms. The zero-order valence-corrected chi connectivity index (χ0v) is 8.44. The fourth-order valence-electron chi connectivity index (χ4n) is 1.94. The van der Waals surface area contributed by atoms with E-state index in [1.807, 2.05) is 6.20 Å². The molecule has 1 saturated heterocycles. The van der Waals surface area contributed by atoms with Gasteiger partial charge in [0, 0.05) is 24.2 Å². The van der Waals surface area contributed by atoms with Crippen LogP contribution in [0.25, 0.3) is 10.9 Å². The van der Waals surface area contributed by atoms with Gasteiger partial charge in [0.15, 0.2) is 0 Å². The van der Waals surface area contributed by atoms with Crippen molar-refractivity contribution in [1.29, 1.82) is 0 Å². The van der Waals surface area contributed by atoms with E-state index in [1.165, 1.54) is 5.69 Å². The number of rotatable bonds is 1. The summed E-state index contributed by atoms with van der Waals surface area (Å²) < 4.78 is 5.33. The summed E-state index contributed by atoms with van der Waals surface area (Å²) in [6, 6.07) is 6.39. The number of aromatic amines is 1. The van der Waals surface area contributed by atoms with Gasteiger partial charge in [0.25, 0.3) is 0 Å². The fraction of sp³-hybridized carbons (Fsp3) is 0.364. The third-order valence-corrected chi connectivity index (χ3v) is 2.80. The molecule has 1 N–H and O–H groups in total. The van der Waals surface area contributed by atoms with E-state index in [2.05, 4.69) is 33.3 Å². The van der Waals surface area contributed by atoms with Gasteiger partial charge in [-0.1, -0.05) is 0 Å². The first-order valence-corrected chi connectivity index (χ1v) is 5.19. The molecule has 0 amide bonds. The van der Waals surface area contributed by atoms with Crippen LogP contribution in [0.4, 0.5) is 5.69 Å². The van der Waals surface area contributed by atoms with Crippen molar-refractivity contribution in [1.82, 2.24) is 10.2 Å². The van der Waals surface area contributed by atoms with E-state index in [4.69, 9.17) is 4.74 Å². The first-order valence-electron chi connectivity index (χ1n) is 5.19. The Bertz CT molecular complexity index is 460. The molecule has 1 fully saturated rings. The molecule has 15 heavy (non-hydrogen) atoms. The molecule has 1 aliphatic rings. The molecule has 0 radical (unpaired) electrons. The number of fused-ring (bicyclic) bond motifs is 1. The van der Waals surface area contributed by atoms with Crippen molar-refractivity contribution in [3.8, 4) is 0 Å². The predicted molar refractivity (Wildman–Crippen MR) is 59.1 cm³/mol. The number of nitrogens with one attached hydrogen (secondary N) is 1. The minimum absolute atomic E-state index is 0.820. The number of hydrogen-bond donors (Lipinski definition) is 1. The highest BCUT2D eigenvalue weighted by Gasteiger charge is 2.11. The van der Waals surface area contributed by atoms with Crippen molar-refractivity contribution in [3.63, 3.8) is 0 Å². The monoisotopic (exact) mass is 203 g/mol. The quantitative estimate of drug-likeness (QED) is 0.761. The third-order valence-electron chi connectivity index (χ3n) is 2.80. The molecule has 1 aromatic carbocycles. The van der Waals surface area contributed by atoms with Gasteiger partial charge in [0.05, 0.1) is 24.9 Å². The average Bonchev–Trinajstić information content (AvgIpc) is 2.77. The summed E-state index contributed by atoms with van der Waals surface area (Å²) in [5, 5.41) is 8.17. The van der Waals surface area contributed by atoms with Gasteiger partial charge in [0.1, 0.15) is 0 Å². The van der Waals surface area contributed by atoms with E-state index >= 15 is 0 Å². The Kier molecular flexibility index (Phi) is 2.07. The summed E-state index contributed by atoms with van der Waals surface area (Å²) >= 11 is 0. The van der Waals surface area contributed by atoms with Crippen molar-refractivity contribution in [2.75, 3.05) is 31.2 Å². The SMILES string of the molecule is c1cc2cn[nH]c2cc1N1CCOCC1. The van der Waals surface area contributed by atoms with Crippen molar-refractivity contribution in [2.45, 2.75) is 0 Å². The van der Waals surface area contributed by atoms with Crippen LogP contribution < -0.4 is 4.90 Å². The minimum Gasteiger partial charge on any atom is -0.378 e. The second-order valence-electron chi connectivity index (χ2n) is 3.74. The standard InChI is InChI=1S/C11H13N3O/c1-2-10(14-3-5-15-6-4-14)7-11-9(1)8-12-13-11/h1-2,7-8H,3-6H2,(H,12,13). The Labute approximate surface area is 87.8 Å². The lowest BCUT2D eigenvalue weighted by Gasteiger charge is -2.28. The predicted octanol–water partition coefficient (Wildman–Crippen LogP) is 1.40. The first kappa shape index (κ1) is 8.73. The van der Waals surface area contributed by atoms with Gasteiger partial charge in [0.2, 0.25) is 0 Å². The van der Waals surface area contributed by atoms with Crippen LogP contribution >= 0.6 is 0 Å². The van der Waals surface area contributed by atoms with Crippen molar-refractivity contribution < 1.29 is 4.74 Å². The average molecular weight is 203 g/mol. The Morgan fingerprint density at radius 1 is 1.27 bits per heavy atom. The van der Waals surface area contributed by atoms with Crippen LogP contribution in [0.5, 0.6) is 0 Å². The molecule has 4 nitrogen and oxygen atoms in total. The van der Waals surface area contributed by atoms with E-state index < -0.39 is 0 Å².